The van der Waals surface area contributed by atoms with Crippen LogP contribution in [-0.4, -0.2) is 64.6 Å². The summed E-state index contributed by atoms with van der Waals surface area (Å²) in [6.45, 7) is 11.5. The number of carbonyl (C=O) groups excluding carboxylic acids is 1. The molecule has 0 radical (unpaired) electrons. The van der Waals surface area contributed by atoms with E-state index in [2.05, 4.69) is 9.88 Å². The molecule has 1 saturated heterocycles. The van der Waals surface area contributed by atoms with Gasteiger partial charge in [0.05, 0.1) is 6.10 Å². The molecule has 1 unspecified atom stereocenters. The van der Waals surface area contributed by atoms with Crippen molar-refractivity contribution in [2.45, 2.75) is 33.8 Å². The molecule has 3 heterocycles. The van der Waals surface area contributed by atoms with Gasteiger partial charge in [0.25, 0.3) is 5.91 Å². The number of pyridine rings is 1. The number of piperazine rings is 1. The molecule has 1 atom stereocenters. The fraction of sp³-hybridized carbons (Fsp3) is 0.579. The minimum Gasteiger partial charge on any atom is -0.449 e. The smallest absolute Gasteiger partial charge is 0.289 e. The molecule has 2 aromatic rings. The number of β-amino-alcohol motifs (C(OH)–C–C–N with tert-alkyl or cyclic N) is 1. The van der Waals surface area contributed by atoms with Crippen molar-refractivity contribution in [2.75, 3.05) is 32.7 Å². The average Bonchev–Trinajstić information content (AvgIpc) is 2.97. The van der Waals surface area contributed by atoms with Gasteiger partial charge in [-0.1, -0.05) is 20.8 Å². The zero-order chi connectivity index (χ0) is 18.2. The third-order valence-corrected chi connectivity index (χ3v) is 4.81. The molecule has 1 aliphatic rings. The van der Waals surface area contributed by atoms with E-state index >= 15 is 0 Å². The fourth-order valence-electron chi connectivity index (χ4n) is 2.94. The third kappa shape index (κ3) is 4.02. The van der Waals surface area contributed by atoms with Crippen LogP contribution in [0.2, 0.25) is 0 Å². The number of nitrogens with zero attached hydrogens (tertiary/aromatic N) is 3. The lowest BCUT2D eigenvalue weighted by Crippen LogP contribution is -2.51. The summed E-state index contributed by atoms with van der Waals surface area (Å²) in [6.07, 6.45) is -0.376. The Labute approximate surface area is 148 Å². The van der Waals surface area contributed by atoms with Gasteiger partial charge in [-0.2, -0.15) is 0 Å². The molecular formula is C19H27N3O3. The van der Waals surface area contributed by atoms with Crippen molar-refractivity contribution in [1.82, 2.24) is 14.8 Å². The fourth-order valence-corrected chi connectivity index (χ4v) is 2.94. The third-order valence-electron chi connectivity index (χ3n) is 4.81. The standard InChI is InChI=1S/C19H27N3O3/c1-13-5-6-15-14(20-13)11-16(25-15)18(24)22-9-7-21(8-10-22)12-17(23)19(2,3)4/h5-6,11,17,23H,7-10,12H2,1-4H3. The number of hydrogen-bond donors (Lipinski definition) is 1. The molecule has 6 heteroatoms. The summed E-state index contributed by atoms with van der Waals surface area (Å²) in [7, 11) is 0. The molecule has 1 N–H and O–H groups in total. The van der Waals surface area contributed by atoms with Crippen molar-refractivity contribution in [2.24, 2.45) is 5.41 Å². The van der Waals surface area contributed by atoms with Crippen molar-refractivity contribution in [1.29, 1.82) is 0 Å². The van der Waals surface area contributed by atoms with E-state index in [0.717, 1.165) is 24.3 Å². The lowest BCUT2D eigenvalue weighted by molar-refractivity contribution is 0.0132. The lowest BCUT2D eigenvalue weighted by atomic mass is 9.89. The number of rotatable bonds is 3. The van der Waals surface area contributed by atoms with E-state index in [1.807, 2.05) is 44.7 Å². The Morgan fingerprint density at radius 3 is 2.60 bits per heavy atom. The van der Waals surface area contributed by atoms with E-state index in [1.165, 1.54) is 0 Å². The van der Waals surface area contributed by atoms with Crippen LogP contribution in [0.1, 0.15) is 37.0 Å². The molecule has 1 amide bonds. The molecule has 2 aromatic heterocycles. The van der Waals surface area contributed by atoms with Crippen molar-refractivity contribution in [3.63, 3.8) is 0 Å². The number of aryl methyl sites for hydroxylation is 1. The lowest BCUT2D eigenvalue weighted by Gasteiger charge is -2.37. The predicted octanol–water partition coefficient (Wildman–Crippen LogP) is 2.30. The number of furan rings is 1. The van der Waals surface area contributed by atoms with Crippen LogP contribution in [-0.2, 0) is 0 Å². The Bertz CT molecular complexity index is 755. The minimum atomic E-state index is -0.376. The first-order chi connectivity index (χ1) is 11.7. The van der Waals surface area contributed by atoms with Gasteiger partial charge >= 0.3 is 0 Å². The molecular weight excluding hydrogens is 318 g/mol. The zero-order valence-corrected chi connectivity index (χ0v) is 15.5. The highest BCUT2D eigenvalue weighted by molar-refractivity contribution is 5.95. The summed E-state index contributed by atoms with van der Waals surface area (Å²) in [6, 6.07) is 5.44. The normalized spacial score (nSPS) is 17.9. The summed E-state index contributed by atoms with van der Waals surface area (Å²) in [4.78, 5) is 21.1. The molecule has 0 aliphatic carbocycles. The number of fused-ring (bicyclic) bond motifs is 1. The van der Waals surface area contributed by atoms with Crippen molar-refractivity contribution >= 4 is 17.0 Å². The average molecular weight is 345 g/mol. The van der Waals surface area contributed by atoms with Gasteiger partial charge in [0.1, 0.15) is 5.52 Å². The summed E-state index contributed by atoms with van der Waals surface area (Å²) >= 11 is 0. The van der Waals surface area contributed by atoms with Crippen LogP contribution in [0.15, 0.2) is 22.6 Å². The maximum absolute atomic E-state index is 12.7. The van der Waals surface area contributed by atoms with E-state index in [0.29, 0.717) is 31.0 Å². The Balaban J connectivity index is 1.61. The zero-order valence-electron chi connectivity index (χ0n) is 15.5. The second kappa shape index (κ2) is 6.77. The van der Waals surface area contributed by atoms with E-state index in [-0.39, 0.29) is 17.4 Å². The van der Waals surface area contributed by atoms with E-state index in [1.54, 1.807) is 6.07 Å². The minimum absolute atomic E-state index is 0.0910. The summed E-state index contributed by atoms with van der Waals surface area (Å²) < 4.78 is 5.67. The van der Waals surface area contributed by atoms with E-state index in [4.69, 9.17) is 4.42 Å². The van der Waals surface area contributed by atoms with Crippen LogP contribution in [0, 0.1) is 12.3 Å². The van der Waals surface area contributed by atoms with Gasteiger partial charge in [0.2, 0.25) is 0 Å². The molecule has 25 heavy (non-hydrogen) atoms. The van der Waals surface area contributed by atoms with Gasteiger partial charge in [0.15, 0.2) is 11.3 Å². The van der Waals surface area contributed by atoms with Gasteiger partial charge in [-0.15, -0.1) is 0 Å². The molecule has 0 aromatic carbocycles. The Morgan fingerprint density at radius 2 is 1.96 bits per heavy atom. The quantitative estimate of drug-likeness (QED) is 0.924. The van der Waals surface area contributed by atoms with Crippen LogP contribution in [0.25, 0.3) is 11.1 Å². The van der Waals surface area contributed by atoms with Crippen molar-refractivity contribution in [3.8, 4) is 0 Å². The van der Waals surface area contributed by atoms with Crippen LogP contribution >= 0.6 is 0 Å². The first kappa shape index (κ1) is 17.9. The number of aliphatic hydroxyl groups is 1. The first-order valence-electron chi connectivity index (χ1n) is 8.81. The van der Waals surface area contributed by atoms with E-state index < -0.39 is 0 Å². The number of amides is 1. The SMILES string of the molecule is Cc1ccc2oc(C(=O)N3CCN(CC(O)C(C)(C)C)CC3)cc2n1. The van der Waals surface area contributed by atoms with Crippen LogP contribution < -0.4 is 0 Å². The molecule has 0 saturated carbocycles. The van der Waals surface area contributed by atoms with E-state index in [9.17, 15) is 9.90 Å². The number of carbonyl (C=O) groups is 1. The predicted molar refractivity (Wildman–Crippen MR) is 96.6 cm³/mol. The largest absolute Gasteiger partial charge is 0.449 e. The molecule has 1 fully saturated rings. The second-order valence-electron chi connectivity index (χ2n) is 7.92. The van der Waals surface area contributed by atoms with Crippen molar-refractivity contribution in [3.05, 3.63) is 29.7 Å². The highest BCUT2D eigenvalue weighted by Crippen LogP contribution is 2.22. The van der Waals surface area contributed by atoms with Crippen molar-refractivity contribution < 1.29 is 14.3 Å². The van der Waals surface area contributed by atoms with Gasteiger partial charge in [0, 0.05) is 44.5 Å². The molecule has 136 valence electrons. The number of aliphatic hydroxyl groups excluding tert-OH is 1. The second-order valence-corrected chi connectivity index (χ2v) is 7.92. The molecule has 0 bridgehead atoms. The van der Waals surface area contributed by atoms with Gasteiger partial charge in [-0.25, -0.2) is 4.98 Å². The Hall–Kier alpha value is -1.92. The Morgan fingerprint density at radius 1 is 1.28 bits per heavy atom. The molecule has 3 rings (SSSR count). The molecule has 6 nitrogen and oxygen atoms in total. The van der Waals surface area contributed by atoms with Gasteiger partial charge < -0.3 is 14.4 Å². The Kier molecular flexibility index (Phi) is 4.84. The maximum atomic E-state index is 12.7. The highest BCUT2D eigenvalue weighted by Gasteiger charge is 2.28. The number of aromatic nitrogens is 1. The highest BCUT2D eigenvalue weighted by atomic mass is 16.3. The monoisotopic (exact) mass is 345 g/mol. The summed E-state index contributed by atoms with van der Waals surface area (Å²) in [5.74, 6) is 0.253. The topological polar surface area (TPSA) is 69.8 Å². The first-order valence-corrected chi connectivity index (χ1v) is 8.81. The molecule has 0 spiro atoms. The summed E-state index contributed by atoms with van der Waals surface area (Å²) in [5.41, 5.74) is 2.13. The number of hydrogen-bond acceptors (Lipinski definition) is 5. The van der Waals surface area contributed by atoms with Gasteiger partial charge in [-0.3, -0.25) is 9.69 Å². The van der Waals surface area contributed by atoms with Crippen LogP contribution in [0.4, 0.5) is 0 Å². The maximum Gasteiger partial charge on any atom is 0.289 e. The van der Waals surface area contributed by atoms with Crippen LogP contribution in [0.5, 0.6) is 0 Å². The summed E-state index contributed by atoms with van der Waals surface area (Å²) in [5, 5.41) is 10.2. The van der Waals surface area contributed by atoms with Gasteiger partial charge in [-0.05, 0) is 24.5 Å². The van der Waals surface area contributed by atoms with Crippen LogP contribution in [0.3, 0.4) is 0 Å². The molecule has 1 aliphatic heterocycles.